The fourth-order valence-corrected chi connectivity index (χ4v) is 4.78. The highest BCUT2D eigenvalue weighted by Crippen LogP contribution is 2.30. The van der Waals surface area contributed by atoms with Crippen LogP contribution in [0.15, 0.2) is 52.4 Å². The van der Waals surface area contributed by atoms with Crippen LogP contribution in [-0.4, -0.2) is 50.9 Å². The maximum Gasteiger partial charge on any atom is 0.261 e. The number of nitrogens with one attached hydrogen (secondary N) is 1. The maximum atomic E-state index is 13.0. The summed E-state index contributed by atoms with van der Waals surface area (Å²) in [4.78, 5) is 31.5. The molecule has 2 aliphatic heterocycles. The van der Waals surface area contributed by atoms with Crippen LogP contribution < -0.4 is 9.46 Å². The van der Waals surface area contributed by atoms with E-state index in [1.54, 1.807) is 29.2 Å². The van der Waals surface area contributed by atoms with Gasteiger partial charge < -0.3 is 9.64 Å². The number of hydrogen-bond acceptors (Lipinski definition) is 6. The lowest BCUT2D eigenvalue weighted by atomic mass is 9.93. The smallest absolute Gasteiger partial charge is 0.261 e. The first kappa shape index (κ1) is 21.0. The maximum absolute atomic E-state index is 13.0. The first-order valence-corrected chi connectivity index (χ1v) is 11.6. The molecular weight excluding hydrogens is 418 g/mol. The third kappa shape index (κ3) is 4.32. The highest BCUT2D eigenvalue weighted by Gasteiger charge is 2.35. The third-order valence-electron chi connectivity index (χ3n) is 5.29. The van der Waals surface area contributed by atoms with Crippen molar-refractivity contribution in [3.63, 3.8) is 0 Å². The molecule has 1 saturated heterocycles. The quantitative estimate of drug-likeness (QED) is 0.694. The second-order valence-electron chi connectivity index (χ2n) is 7.39. The van der Waals surface area contributed by atoms with Crippen molar-refractivity contribution in [1.82, 2.24) is 4.90 Å². The number of fused-ring (bicyclic) bond motifs is 1. The van der Waals surface area contributed by atoms with E-state index in [0.29, 0.717) is 36.8 Å². The van der Waals surface area contributed by atoms with E-state index in [9.17, 15) is 18.0 Å². The molecule has 9 heteroatoms. The van der Waals surface area contributed by atoms with E-state index < -0.39 is 21.7 Å². The SMILES string of the molecule is CCOc1ccc(NS(=O)(=O)c2ccc3c(c2)C(=O)C(C(=O)N2CCCC2)C=N3)cc1. The molecule has 2 aromatic carbocycles. The summed E-state index contributed by atoms with van der Waals surface area (Å²) in [6, 6.07) is 10.7. The number of hydrogen-bond donors (Lipinski definition) is 1. The van der Waals surface area contributed by atoms with Gasteiger partial charge in [0.05, 0.1) is 17.2 Å². The number of benzene rings is 2. The number of anilines is 1. The highest BCUT2D eigenvalue weighted by atomic mass is 32.2. The molecule has 1 N–H and O–H groups in total. The Hall–Kier alpha value is -3.20. The van der Waals surface area contributed by atoms with Gasteiger partial charge >= 0.3 is 0 Å². The molecule has 0 radical (unpaired) electrons. The van der Waals surface area contributed by atoms with Crippen molar-refractivity contribution in [1.29, 1.82) is 0 Å². The van der Waals surface area contributed by atoms with Gasteiger partial charge in [-0.2, -0.15) is 0 Å². The van der Waals surface area contributed by atoms with E-state index in [4.69, 9.17) is 4.74 Å². The molecule has 8 nitrogen and oxygen atoms in total. The molecule has 1 atom stereocenters. The van der Waals surface area contributed by atoms with Gasteiger partial charge in [-0.3, -0.25) is 19.3 Å². The molecule has 0 spiro atoms. The molecule has 2 heterocycles. The fourth-order valence-electron chi connectivity index (χ4n) is 3.69. The van der Waals surface area contributed by atoms with Crippen molar-refractivity contribution in [2.75, 3.05) is 24.4 Å². The predicted molar refractivity (Wildman–Crippen MR) is 117 cm³/mol. The minimum atomic E-state index is -3.94. The molecule has 31 heavy (non-hydrogen) atoms. The van der Waals surface area contributed by atoms with Crippen molar-refractivity contribution >= 4 is 39.3 Å². The Balaban J connectivity index is 1.57. The van der Waals surface area contributed by atoms with Gasteiger partial charge in [0.2, 0.25) is 5.91 Å². The lowest BCUT2D eigenvalue weighted by molar-refractivity contribution is -0.130. The van der Waals surface area contributed by atoms with E-state index in [1.807, 2.05) is 6.92 Å². The Morgan fingerprint density at radius 2 is 1.87 bits per heavy atom. The predicted octanol–water partition coefficient (Wildman–Crippen LogP) is 3.02. The second-order valence-corrected chi connectivity index (χ2v) is 9.08. The van der Waals surface area contributed by atoms with Gasteiger partial charge in [0.1, 0.15) is 11.7 Å². The van der Waals surface area contributed by atoms with Gasteiger partial charge in [-0.05, 0) is 62.2 Å². The average molecular weight is 442 g/mol. The van der Waals surface area contributed by atoms with Gasteiger partial charge in [-0.15, -0.1) is 0 Å². The van der Waals surface area contributed by atoms with Crippen LogP contribution >= 0.6 is 0 Å². The number of sulfonamides is 1. The van der Waals surface area contributed by atoms with Gasteiger partial charge in [-0.1, -0.05) is 0 Å². The Bertz CT molecular complexity index is 1140. The molecule has 0 aliphatic carbocycles. The van der Waals surface area contributed by atoms with E-state index in [0.717, 1.165) is 12.8 Å². The lowest BCUT2D eigenvalue weighted by Gasteiger charge is -2.22. The second kappa shape index (κ2) is 8.50. The molecular formula is C22H23N3O5S. The first-order chi connectivity index (χ1) is 14.9. The zero-order valence-electron chi connectivity index (χ0n) is 17.1. The summed E-state index contributed by atoms with van der Waals surface area (Å²) in [6.07, 6.45) is 3.19. The van der Waals surface area contributed by atoms with Gasteiger partial charge in [0.25, 0.3) is 10.0 Å². The van der Waals surface area contributed by atoms with Crippen LogP contribution in [-0.2, 0) is 14.8 Å². The Kier molecular flexibility index (Phi) is 5.77. The average Bonchev–Trinajstić information content (AvgIpc) is 3.30. The fraction of sp³-hybridized carbons (Fsp3) is 0.318. The van der Waals surface area contributed by atoms with Gasteiger partial charge in [0, 0.05) is 30.6 Å². The molecule has 1 amide bonds. The van der Waals surface area contributed by atoms with Crippen LogP contribution in [0.1, 0.15) is 30.1 Å². The van der Waals surface area contributed by atoms with E-state index >= 15 is 0 Å². The van der Waals surface area contributed by atoms with Crippen molar-refractivity contribution in [3.8, 4) is 5.75 Å². The van der Waals surface area contributed by atoms with Crippen LogP contribution in [0.3, 0.4) is 0 Å². The topological polar surface area (TPSA) is 105 Å². The summed E-state index contributed by atoms with van der Waals surface area (Å²) in [5.41, 5.74) is 0.859. The van der Waals surface area contributed by atoms with Crippen LogP contribution in [0.2, 0.25) is 0 Å². The number of ketones is 1. The summed E-state index contributed by atoms with van der Waals surface area (Å²) in [6.45, 7) is 3.63. The van der Waals surface area contributed by atoms with Crippen LogP contribution in [0, 0.1) is 5.92 Å². The van der Waals surface area contributed by atoms with Crippen LogP contribution in [0.5, 0.6) is 5.75 Å². The minimum absolute atomic E-state index is 0.0713. The summed E-state index contributed by atoms with van der Waals surface area (Å²) in [5, 5.41) is 0. The molecule has 2 aromatic rings. The zero-order chi connectivity index (χ0) is 22.0. The molecule has 2 aliphatic rings. The normalized spacial score (nSPS) is 18.0. The first-order valence-electron chi connectivity index (χ1n) is 10.2. The Labute approximate surface area is 181 Å². The van der Waals surface area contributed by atoms with Crippen molar-refractivity contribution in [2.24, 2.45) is 10.9 Å². The summed E-state index contributed by atoms with van der Waals surface area (Å²) in [5.74, 6) is -1.09. The summed E-state index contributed by atoms with van der Waals surface area (Å²) >= 11 is 0. The standard InChI is InChI=1S/C22H23N3O5S/c1-2-30-16-7-5-15(6-8-16)24-31(28,29)17-9-10-20-18(13-17)21(26)19(14-23-20)22(27)25-11-3-4-12-25/h5-10,13-14,19,24H,2-4,11-12H2,1H3. The number of carbonyl (C=O) groups excluding carboxylic acids is 2. The zero-order valence-corrected chi connectivity index (χ0v) is 17.9. The number of ether oxygens (including phenoxy) is 1. The number of amides is 1. The Morgan fingerprint density at radius 3 is 2.55 bits per heavy atom. The molecule has 0 bridgehead atoms. The molecule has 0 aromatic heterocycles. The van der Waals surface area contributed by atoms with Gasteiger partial charge in [-0.25, -0.2) is 8.42 Å². The number of likely N-dealkylation sites (tertiary alicyclic amines) is 1. The van der Waals surface area contributed by atoms with E-state index in [-0.39, 0.29) is 16.4 Å². The molecule has 0 saturated carbocycles. The molecule has 1 unspecified atom stereocenters. The Morgan fingerprint density at radius 1 is 1.16 bits per heavy atom. The molecule has 4 rings (SSSR count). The number of rotatable bonds is 6. The molecule has 162 valence electrons. The largest absolute Gasteiger partial charge is 0.494 e. The molecule has 1 fully saturated rings. The van der Waals surface area contributed by atoms with Crippen LogP contribution in [0.25, 0.3) is 0 Å². The van der Waals surface area contributed by atoms with Crippen molar-refractivity contribution in [3.05, 3.63) is 48.0 Å². The van der Waals surface area contributed by atoms with E-state index in [2.05, 4.69) is 9.71 Å². The third-order valence-corrected chi connectivity index (χ3v) is 6.67. The number of carbonyl (C=O) groups is 2. The minimum Gasteiger partial charge on any atom is -0.494 e. The van der Waals surface area contributed by atoms with Crippen molar-refractivity contribution < 1.29 is 22.7 Å². The van der Waals surface area contributed by atoms with Crippen molar-refractivity contribution in [2.45, 2.75) is 24.7 Å². The number of Topliss-reactive ketones (excluding diaryl/α,β-unsaturated/α-hetero) is 1. The number of nitrogens with zero attached hydrogens (tertiary/aromatic N) is 2. The van der Waals surface area contributed by atoms with E-state index in [1.165, 1.54) is 24.4 Å². The van der Waals surface area contributed by atoms with Crippen LogP contribution in [0.4, 0.5) is 11.4 Å². The summed E-state index contributed by atoms with van der Waals surface area (Å²) < 4.78 is 33.6. The summed E-state index contributed by atoms with van der Waals surface area (Å²) in [7, 11) is -3.94. The monoisotopic (exact) mass is 441 g/mol. The number of aliphatic imine (C=N–C) groups is 1. The van der Waals surface area contributed by atoms with Gasteiger partial charge in [0.15, 0.2) is 5.78 Å². The lowest BCUT2D eigenvalue weighted by Crippen LogP contribution is -2.39. The highest BCUT2D eigenvalue weighted by molar-refractivity contribution is 7.92.